The van der Waals surface area contributed by atoms with E-state index in [4.69, 9.17) is 55.8 Å². The first-order valence-corrected chi connectivity index (χ1v) is 21.5. The second kappa shape index (κ2) is 37.6. The predicted octanol–water partition coefficient (Wildman–Crippen LogP) is 11.0. The Hall–Kier alpha value is -6.11. The van der Waals surface area contributed by atoms with Gasteiger partial charge in [0, 0.05) is 102 Å². The molecule has 2 radical (unpaired) electrons. The molecule has 0 fully saturated rings. The van der Waals surface area contributed by atoms with Gasteiger partial charge in [0.2, 0.25) is 0 Å². The van der Waals surface area contributed by atoms with E-state index in [2.05, 4.69) is 0 Å². The summed E-state index contributed by atoms with van der Waals surface area (Å²) in [4.78, 5) is 81.2. The molecule has 0 aliphatic heterocycles. The van der Waals surface area contributed by atoms with Gasteiger partial charge in [0.25, 0.3) is 0 Å². The van der Waals surface area contributed by atoms with Crippen molar-refractivity contribution < 1.29 is 121 Å². The Kier molecular flexibility index (Phi) is 36.6. The van der Waals surface area contributed by atoms with Crippen LogP contribution in [0.1, 0.15) is 60.5 Å². The summed E-state index contributed by atoms with van der Waals surface area (Å²) in [6, 6.07) is 26.6. The Morgan fingerprint density at radius 1 is 0.466 bits per heavy atom. The van der Waals surface area contributed by atoms with Gasteiger partial charge in [-0.05, 0) is 68.4 Å². The first-order valence-electron chi connectivity index (χ1n) is 21.5. The molecule has 0 aliphatic rings. The summed E-state index contributed by atoms with van der Waals surface area (Å²) in [6.45, 7) is 16.9. The Bertz CT molecular complexity index is 3180. The van der Waals surface area contributed by atoms with Gasteiger partial charge in [0.05, 0.1) is 44.3 Å². The molecule has 4 aromatic carbocycles. The summed E-state index contributed by atoms with van der Waals surface area (Å²) in [5.41, 5.74) is 1.49. The zero-order valence-electron chi connectivity index (χ0n) is 42.1. The minimum Gasteiger partial charge on any atom is -0.493 e. The van der Waals surface area contributed by atoms with E-state index >= 15 is 0 Å². The van der Waals surface area contributed by atoms with Gasteiger partial charge in [-0.25, -0.2) is 0 Å². The van der Waals surface area contributed by atoms with Crippen molar-refractivity contribution in [3.8, 4) is 23.0 Å². The molecule has 0 bridgehead atoms. The molecule has 2 unspecified atom stereocenters. The third kappa shape index (κ3) is 21.1. The number of rotatable bonds is 12. The van der Waals surface area contributed by atoms with Gasteiger partial charge in [-0.2, -0.15) is 19.2 Å². The smallest absolute Gasteiger partial charge is 0.373 e. The Labute approximate surface area is 474 Å². The summed E-state index contributed by atoms with van der Waals surface area (Å²) in [5, 5.41) is 1.77. The largest absolute Gasteiger partial charge is 0.493 e. The molecule has 73 heavy (non-hydrogen) atoms. The van der Waals surface area contributed by atoms with Crippen molar-refractivity contribution >= 4 is 56.2 Å². The third-order valence-electron chi connectivity index (χ3n) is 9.06. The van der Waals surface area contributed by atoms with Crippen LogP contribution in [-0.2, 0) is 84.6 Å². The number of hydrogen-bond acceptors (Lipinski definition) is 16. The molecule has 16 nitrogen and oxygen atoms in total. The van der Waals surface area contributed by atoms with Crippen molar-refractivity contribution in [3.63, 3.8) is 0 Å². The monoisotopic (exact) mass is 1160 g/mol. The van der Waals surface area contributed by atoms with Gasteiger partial charge in [-0.1, -0.05) is 67.2 Å². The molecular formula is C55H62O16Y2-2. The van der Waals surface area contributed by atoms with Crippen LogP contribution in [0.5, 0.6) is 23.0 Å². The fourth-order valence-corrected chi connectivity index (χ4v) is 6.24. The molecule has 8 aromatic rings. The normalized spacial score (nSPS) is 10.1. The molecule has 0 saturated heterocycles. The van der Waals surface area contributed by atoms with Crippen LogP contribution in [-0.4, -0.2) is 38.7 Å². The van der Waals surface area contributed by atoms with Crippen molar-refractivity contribution in [1.82, 2.24) is 0 Å². The van der Waals surface area contributed by atoms with E-state index in [1.807, 2.05) is 41.5 Å². The number of benzene rings is 4. The minimum atomic E-state index is -0.150. The van der Waals surface area contributed by atoms with Crippen molar-refractivity contribution in [2.45, 2.75) is 62.8 Å². The van der Waals surface area contributed by atoms with E-state index in [1.165, 1.54) is 36.8 Å². The zero-order valence-corrected chi connectivity index (χ0v) is 47.7. The molecule has 0 amide bonds. The molecule has 18 heteroatoms. The number of carbonyl (C=O) groups excluding carboxylic acids is 4. The van der Waals surface area contributed by atoms with Gasteiger partial charge in [-0.3, -0.25) is 19.2 Å². The average Bonchev–Trinajstić information content (AvgIpc) is 3.33. The van der Waals surface area contributed by atoms with Gasteiger partial charge in [-0.15, -0.1) is 0 Å². The van der Waals surface area contributed by atoms with Crippen LogP contribution in [0, 0.1) is 40.5 Å². The van der Waals surface area contributed by atoms with E-state index in [1.54, 1.807) is 86.6 Å². The van der Waals surface area contributed by atoms with Crippen molar-refractivity contribution in [2.24, 2.45) is 11.8 Å². The molecule has 0 N–H and O–H groups in total. The topological polar surface area (TPSA) is 226 Å². The second-order valence-electron chi connectivity index (χ2n) is 14.2. The summed E-state index contributed by atoms with van der Waals surface area (Å²) in [6.07, 6.45) is 3.24. The van der Waals surface area contributed by atoms with Crippen LogP contribution in [0.15, 0.2) is 146 Å². The molecule has 2 atom stereocenters. The van der Waals surface area contributed by atoms with E-state index in [0.29, 0.717) is 105 Å². The summed E-state index contributed by atoms with van der Waals surface area (Å²) in [5.74, 6) is 3.22. The number of aryl methyl sites for hydroxylation is 2. The number of hydrogen-bond donors (Lipinski definition) is 0. The van der Waals surface area contributed by atoms with Crippen LogP contribution in [0.25, 0.3) is 43.9 Å². The molecule has 4 aromatic heterocycles. The van der Waals surface area contributed by atoms with Crippen molar-refractivity contribution in [1.29, 1.82) is 0 Å². The maximum Gasteiger partial charge on any atom is 0.373 e. The van der Waals surface area contributed by atoms with E-state index in [9.17, 15) is 19.2 Å². The van der Waals surface area contributed by atoms with Crippen LogP contribution in [0.4, 0.5) is 0 Å². The van der Waals surface area contributed by atoms with Crippen LogP contribution < -0.4 is 40.7 Å². The first kappa shape index (κ1) is 71.1. The van der Waals surface area contributed by atoms with Gasteiger partial charge in [0.15, 0.2) is 21.7 Å². The van der Waals surface area contributed by atoms with Crippen LogP contribution in [0.2, 0.25) is 0 Å². The SMILES string of the molecule is C.CC.CC.Cc1cc(=O)c2c(OCC(C)COc3cccc4occc(=O)c34)cccc2o1.Cc1cc(=O)c2cc(OCC(C)COc3cccc4occc(=O)c34)ccc2o1.O=C=O.O=C=O.[CH3-].[CH3-].[Y].[Y]. The average molecular weight is 1160 g/mol. The number of fused-ring (bicyclic) bond motifs is 4. The molecule has 4 heterocycles. The van der Waals surface area contributed by atoms with Crippen molar-refractivity contribution in [2.75, 3.05) is 26.4 Å². The molecule has 0 aliphatic carbocycles. The fraction of sp³-hybridized carbons (Fsp3) is 0.273. The predicted molar refractivity (Wildman–Crippen MR) is 272 cm³/mol. The van der Waals surface area contributed by atoms with Gasteiger partial charge >= 0.3 is 12.3 Å². The maximum absolute atomic E-state index is 12.3. The van der Waals surface area contributed by atoms with Crippen molar-refractivity contribution in [3.05, 3.63) is 177 Å². The number of ether oxygens (including phenoxy) is 4. The van der Waals surface area contributed by atoms with E-state index in [0.717, 1.165) is 0 Å². The molecule has 386 valence electrons. The summed E-state index contributed by atoms with van der Waals surface area (Å²) >= 11 is 0. The standard InChI is InChI=1S/2C23H20O6.2C2H6.2CO2.CH4.2CH3.2Y/c1-14(12-27-19-6-3-5-18-22(19)16(24)9-10-26-18)13-28-20-7-4-8-21-23(20)17(25)11-15(2)29-21;1-14(13-28-22-5-3-4-21-23(22)18(24)8-9-26-21)12-27-16-6-7-20-17(11-16)19(25)10-15(2)29-20;2*1-2;2*2-1-3;;;;;/h2*3-11,14H,12-13H2,1-2H3;2*1-2H3;;;1H4;2*1H3;;/q;;;;;;;2*-1;;. The van der Waals surface area contributed by atoms with Gasteiger partial charge in [0.1, 0.15) is 73.0 Å². The fourth-order valence-electron chi connectivity index (χ4n) is 6.24. The summed E-state index contributed by atoms with van der Waals surface area (Å²) < 4.78 is 45.3. The Morgan fingerprint density at radius 2 is 0.822 bits per heavy atom. The quantitative estimate of drug-likeness (QED) is 0.104. The van der Waals surface area contributed by atoms with Crippen LogP contribution >= 0.6 is 0 Å². The molecule has 0 spiro atoms. The van der Waals surface area contributed by atoms with Crippen LogP contribution in [0.3, 0.4) is 0 Å². The molecule has 0 saturated carbocycles. The maximum atomic E-state index is 12.3. The first-order chi connectivity index (χ1) is 32.9. The zero-order chi connectivity index (χ0) is 50.2. The molecule has 8 rings (SSSR count). The Morgan fingerprint density at radius 3 is 1.25 bits per heavy atom. The Balaban J connectivity index is -0.00000108. The minimum absolute atomic E-state index is 0. The molecular weight excluding hydrogens is 1090 g/mol. The third-order valence-corrected chi connectivity index (χ3v) is 9.06. The second-order valence-corrected chi connectivity index (χ2v) is 14.2. The van der Waals surface area contributed by atoms with Gasteiger partial charge < -0.3 is 51.5 Å². The van der Waals surface area contributed by atoms with E-state index in [-0.39, 0.29) is 134 Å². The summed E-state index contributed by atoms with van der Waals surface area (Å²) in [7, 11) is 0. The van der Waals surface area contributed by atoms with E-state index < -0.39 is 0 Å².